The molecule has 0 aromatic carbocycles. The summed E-state index contributed by atoms with van der Waals surface area (Å²) in [5.41, 5.74) is 0. The number of hydrazine groups is 4. The summed E-state index contributed by atoms with van der Waals surface area (Å²) in [6, 6.07) is 0. The maximum atomic E-state index is 11.4. The lowest BCUT2D eigenvalue weighted by molar-refractivity contribution is -0.746. The van der Waals surface area contributed by atoms with Crippen LogP contribution in [0.2, 0.25) is 0 Å². The molecule has 6 bridgehead atoms. The maximum Gasteiger partial charge on any atom is 0.271 e. The van der Waals surface area contributed by atoms with Gasteiger partial charge in [-0.25, -0.2) is 40.5 Å². The van der Waals surface area contributed by atoms with E-state index in [1.54, 1.807) is 0 Å². The molecule has 5 heterocycles. The molecular formula is C6H8N10O8. The molecule has 2 N–H and O–H groups in total. The minimum Gasteiger partial charge on any atom is -0.261 e. The van der Waals surface area contributed by atoms with Gasteiger partial charge in [-0.1, -0.05) is 20.0 Å². The number of nitrogens with zero attached hydrogens (tertiary/aromatic N) is 8. The average molecular weight is 348 g/mol. The van der Waals surface area contributed by atoms with Gasteiger partial charge >= 0.3 is 0 Å². The number of hydrogen-bond acceptors (Lipinski definition) is 10. The van der Waals surface area contributed by atoms with Gasteiger partial charge in [0.15, 0.2) is 44.8 Å². The highest BCUT2D eigenvalue weighted by Gasteiger charge is 2.80. The quantitative estimate of drug-likeness (QED) is 0.368. The van der Waals surface area contributed by atoms with Crippen molar-refractivity contribution < 1.29 is 20.1 Å². The topological polar surface area (TPSA) is 210 Å². The molecule has 5 fully saturated rings. The summed E-state index contributed by atoms with van der Waals surface area (Å²) in [6.07, 6.45) is -8.76. The molecule has 5 saturated heterocycles. The van der Waals surface area contributed by atoms with Crippen molar-refractivity contribution in [3.63, 3.8) is 0 Å². The fraction of sp³-hybridized carbons (Fsp3) is 1.00. The second-order valence-electron chi connectivity index (χ2n) is 5.41. The first kappa shape index (κ1) is 14.3. The van der Waals surface area contributed by atoms with Crippen molar-refractivity contribution in [2.45, 2.75) is 37.0 Å². The van der Waals surface area contributed by atoms with E-state index in [0.717, 1.165) is 0 Å². The highest BCUT2D eigenvalue weighted by atomic mass is 16.7. The van der Waals surface area contributed by atoms with Crippen molar-refractivity contribution in [1.82, 2.24) is 30.7 Å². The summed E-state index contributed by atoms with van der Waals surface area (Å²) < 4.78 is 0. The Morgan fingerprint density at radius 1 is 0.542 bits per heavy atom. The van der Waals surface area contributed by atoms with E-state index < -0.39 is 57.1 Å². The normalized spacial score (nSPS) is 38.7. The van der Waals surface area contributed by atoms with Crippen LogP contribution in [-0.4, -0.2) is 77.2 Å². The molecule has 4 unspecified atom stereocenters. The highest BCUT2D eigenvalue weighted by Crippen LogP contribution is 2.43. The number of nitrogens with one attached hydrogen (secondary N) is 2. The van der Waals surface area contributed by atoms with E-state index in [4.69, 9.17) is 0 Å². The molecule has 0 amide bonds. The van der Waals surface area contributed by atoms with Gasteiger partial charge in [-0.3, -0.25) is 10.6 Å². The largest absolute Gasteiger partial charge is 0.271 e. The maximum absolute atomic E-state index is 11.4. The van der Waals surface area contributed by atoms with Crippen molar-refractivity contribution in [2.24, 2.45) is 0 Å². The number of nitro groups is 4. The summed E-state index contributed by atoms with van der Waals surface area (Å²) in [6.45, 7) is 0. The summed E-state index contributed by atoms with van der Waals surface area (Å²) in [7, 11) is 0. The lowest BCUT2D eigenvalue weighted by atomic mass is 10.2. The molecule has 24 heavy (non-hydrogen) atoms. The van der Waals surface area contributed by atoms with Gasteiger partial charge in [-0.2, -0.15) is 0 Å². The Morgan fingerprint density at radius 3 is 0.917 bits per heavy atom. The smallest absolute Gasteiger partial charge is 0.261 e. The lowest BCUT2D eigenvalue weighted by Gasteiger charge is -2.35. The first-order chi connectivity index (χ1) is 11.3. The second-order valence-corrected chi connectivity index (χ2v) is 5.41. The third-order valence-electron chi connectivity index (χ3n) is 4.53. The Kier molecular flexibility index (Phi) is 2.49. The van der Waals surface area contributed by atoms with E-state index in [-0.39, 0.29) is 0 Å². The van der Waals surface area contributed by atoms with E-state index in [0.29, 0.717) is 20.0 Å². The van der Waals surface area contributed by atoms with Crippen LogP contribution in [0.3, 0.4) is 0 Å². The summed E-state index contributed by atoms with van der Waals surface area (Å²) >= 11 is 0. The minimum atomic E-state index is -1.85. The summed E-state index contributed by atoms with van der Waals surface area (Å²) in [4.78, 5) is 45.5. The van der Waals surface area contributed by atoms with Crippen LogP contribution < -0.4 is 10.6 Å². The van der Waals surface area contributed by atoms with Gasteiger partial charge in [0.1, 0.15) is 0 Å². The van der Waals surface area contributed by atoms with Crippen molar-refractivity contribution in [1.29, 1.82) is 0 Å². The molecule has 18 heteroatoms. The molecule has 0 aromatic heterocycles. The van der Waals surface area contributed by atoms with E-state index in [1.807, 2.05) is 0 Å². The lowest BCUT2D eigenvalue weighted by Crippen LogP contribution is -2.73. The summed E-state index contributed by atoms with van der Waals surface area (Å²) in [5, 5.41) is 48.3. The zero-order valence-corrected chi connectivity index (χ0v) is 11.3. The molecule has 0 aliphatic carbocycles. The van der Waals surface area contributed by atoms with Gasteiger partial charge in [0.2, 0.25) is 0 Å². The van der Waals surface area contributed by atoms with E-state index in [1.165, 1.54) is 0 Å². The van der Waals surface area contributed by atoms with Crippen LogP contribution in [0.5, 0.6) is 0 Å². The van der Waals surface area contributed by atoms with E-state index >= 15 is 0 Å². The predicted molar refractivity (Wildman–Crippen MR) is 64.3 cm³/mol. The molecule has 18 nitrogen and oxygen atoms in total. The standard InChI is InChI=1S/C6H8N10O8/c17-13(18)9-1-2-8-4-3(7-1)11(15(21)22)6(12(4)16(23)24)5(9)10(2)14(19)20/h1-8H. The Labute approximate surface area is 129 Å². The first-order valence-corrected chi connectivity index (χ1v) is 6.48. The van der Waals surface area contributed by atoms with Crippen molar-refractivity contribution in [3.05, 3.63) is 40.5 Å². The molecule has 5 aliphatic heterocycles. The molecule has 0 aromatic rings. The number of hydrogen-bond donors (Lipinski definition) is 2. The van der Waals surface area contributed by atoms with Crippen LogP contribution in [0.1, 0.15) is 0 Å². The highest BCUT2D eigenvalue weighted by molar-refractivity contribution is 5.09. The first-order valence-electron chi connectivity index (χ1n) is 6.48. The SMILES string of the molecule is O=[N+]([O-])N1C2NC3C4NC2N([N+](=O)[O-])C1C(N3[N+](=O)[O-])N4[N+](=O)[O-]. The molecule has 0 radical (unpaired) electrons. The van der Waals surface area contributed by atoms with Gasteiger partial charge in [-0.05, 0) is 0 Å². The zero-order valence-electron chi connectivity index (χ0n) is 11.3. The molecular weight excluding hydrogens is 340 g/mol. The molecule has 5 aliphatic rings. The Balaban J connectivity index is 1.93. The van der Waals surface area contributed by atoms with Gasteiger partial charge < -0.3 is 0 Å². The van der Waals surface area contributed by atoms with Crippen LogP contribution in [0.15, 0.2) is 0 Å². The number of rotatable bonds is 4. The average Bonchev–Trinajstić information content (AvgIpc) is 2.85. The predicted octanol–water partition coefficient (Wildman–Crippen LogP) is -3.85. The van der Waals surface area contributed by atoms with Gasteiger partial charge in [0.05, 0.1) is 0 Å². The van der Waals surface area contributed by atoms with Gasteiger partial charge in [-0.15, -0.1) is 0 Å². The third kappa shape index (κ3) is 1.40. The Hall–Kier alpha value is -3.28. The minimum absolute atomic E-state index is 0.396. The third-order valence-corrected chi connectivity index (χ3v) is 4.53. The fourth-order valence-electron chi connectivity index (χ4n) is 3.84. The van der Waals surface area contributed by atoms with Gasteiger partial charge in [0, 0.05) is 0 Å². The number of piperazine rings is 1. The van der Waals surface area contributed by atoms with Crippen LogP contribution in [-0.2, 0) is 0 Å². The van der Waals surface area contributed by atoms with Crippen LogP contribution in [0.25, 0.3) is 0 Å². The molecule has 0 saturated carbocycles. The fourth-order valence-corrected chi connectivity index (χ4v) is 3.84. The summed E-state index contributed by atoms with van der Waals surface area (Å²) in [5.74, 6) is 0. The molecule has 130 valence electrons. The van der Waals surface area contributed by atoms with Crippen molar-refractivity contribution in [3.8, 4) is 0 Å². The molecule has 0 spiro atoms. The van der Waals surface area contributed by atoms with Gasteiger partial charge in [0.25, 0.3) is 12.3 Å². The molecule has 5 rings (SSSR count). The monoisotopic (exact) mass is 348 g/mol. The van der Waals surface area contributed by atoms with Crippen molar-refractivity contribution >= 4 is 0 Å². The van der Waals surface area contributed by atoms with Crippen LogP contribution in [0.4, 0.5) is 0 Å². The van der Waals surface area contributed by atoms with Crippen LogP contribution in [0, 0.1) is 40.5 Å². The molecule has 4 atom stereocenters. The van der Waals surface area contributed by atoms with E-state index in [2.05, 4.69) is 10.6 Å². The zero-order chi connectivity index (χ0) is 17.5. The Morgan fingerprint density at radius 2 is 0.750 bits per heavy atom. The van der Waals surface area contributed by atoms with Crippen molar-refractivity contribution in [2.75, 3.05) is 0 Å². The van der Waals surface area contributed by atoms with Crippen LogP contribution >= 0.6 is 0 Å². The van der Waals surface area contributed by atoms with E-state index in [9.17, 15) is 40.5 Å². The second kappa shape index (κ2) is 4.17. The Bertz CT molecular complexity index is 564.